The first kappa shape index (κ1) is 12.7. The van der Waals surface area contributed by atoms with Gasteiger partial charge >= 0.3 is 0 Å². The predicted octanol–water partition coefficient (Wildman–Crippen LogP) is 2.93. The van der Waals surface area contributed by atoms with Crippen LogP contribution >= 0.6 is 23.2 Å². The van der Waals surface area contributed by atoms with E-state index in [-0.39, 0.29) is 5.91 Å². The summed E-state index contributed by atoms with van der Waals surface area (Å²) >= 11 is 11.8. The lowest BCUT2D eigenvalue weighted by molar-refractivity contribution is -0.115. The molecule has 1 aliphatic carbocycles. The van der Waals surface area contributed by atoms with Gasteiger partial charge < -0.3 is 10.6 Å². The second-order valence-corrected chi connectivity index (χ2v) is 5.09. The number of rotatable bonds is 5. The van der Waals surface area contributed by atoms with Crippen LogP contribution in [0.4, 0.5) is 5.69 Å². The number of amides is 1. The average molecular weight is 273 g/mol. The van der Waals surface area contributed by atoms with Crippen LogP contribution in [0.5, 0.6) is 0 Å². The van der Waals surface area contributed by atoms with Gasteiger partial charge in [-0.3, -0.25) is 4.79 Å². The van der Waals surface area contributed by atoms with Crippen molar-refractivity contribution in [2.75, 3.05) is 18.4 Å². The molecule has 0 radical (unpaired) electrons. The molecule has 2 N–H and O–H groups in total. The first-order valence-corrected chi connectivity index (χ1v) is 6.36. The zero-order chi connectivity index (χ0) is 12.3. The normalized spacial score (nSPS) is 14.7. The fourth-order valence-corrected chi connectivity index (χ4v) is 1.84. The number of benzene rings is 1. The van der Waals surface area contributed by atoms with Gasteiger partial charge in [0.15, 0.2) is 0 Å². The fourth-order valence-electron chi connectivity index (χ4n) is 1.50. The number of anilines is 1. The quantitative estimate of drug-likeness (QED) is 0.866. The maximum Gasteiger partial charge on any atom is 0.238 e. The minimum atomic E-state index is -0.102. The first-order valence-electron chi connectivity index (χ1n) is 5.61. The Morgan fingerprint density at radius 2 is 2.12 bits per heavy atom. The third-order valence-electron chi connectivity index (χ3n) is 2.62. The molecule has 1 fully saturated rings. The van der Waals surface area contributed by atoms with Gasteiger partial charge in [0.25, 0.3) is 0 Å². The number of halogens is 2. The van der Waals surface area contributed by atoms with Gasteiger partial charge in [-0.1, -0.05) is 23.2 Å². The van der Waals surface area contributed by atoms with Crippen LogP contribution < -0.4 is 10.6 Å². The number of carbonyl (C=O) groups is 1. The molecule has 5 heteroatoms. The molecule has 1 aromatic rings. The molecule has 0 spiro atoms. The van der Waals surface area contributed by atoms with Crippen molar-refractivity contribution in [1.29, 1.82) is 0 Å². The lowest BCUT2D eigenvalue weighted by atomic mass is 10.3. The van der Waals surface area contributed by atoms with Crippen LogP contribution in [-0.2, 0) is 4.79 Å². The van der Waals surface area contributed by atoms with Crippen molar-refractivity contribution >= 4 is 34.8 Å². The third-order valence-corrected chi connectivity index (χ3v) is 3.18. The highest BCUT2D eigenvalue weighted by molar-refractivity contribution is 6.35. The van der Waals surface area contributed by atoms with Crippen LogP contribution in [0.25, 0.3) is 0 Å². The van der Waals surface area contributed by atoms with Crippen LogP contribution in [-0.4, -0.2) is 19.0 Å². The zero-order valence-corrected chi connectivity index (χ0v) is 10.8. The van der Waals surface area contributed by atoms with Crippen LogP contribution in [0.3, 0.4) is 0 Å². The molecule has 0 heterocycles. The number of hydrogen-bond acceptors (Lipinski definition) is 2. The summed E-state index contributed by atoms with van der Waals surface area (Å²) in [5.41, 5.74) is 0.553. The Kier molecular flexibility index (Phi) is 4.26. The Hall–Kier alpha value is -0.770. The Morgan fingerprint density at radius 3 is 2.82 bits per heavy atom. The number of nitrogens with one attached hydrogen (secondary N) is 2. The van der Waals surface area contributed by atoms with E-state index in [9.17, 15) is 4.79 Å². The highest BCUT2D eigenvalue weighted by atomic mass is 35.5. The van der Waals surface area contributed by atoms with E-state index in [1.807, 2.05) is 0 Å². The zero-order valence-electron chi connectivity index (χ0n) is 9.30. The molecule has 1 aliphatic rings. The summed E-state index contributed by atoms with van der Waals surface area (Å²) < 4.78 is 0. The predicted molar refractivity (Wildman–Crippen MR) is 70.7 cm³/mol. The summed E-state index contributed by atoms with van der Waals surface area (Å²) in [7, 11) is 0. The second kappa shape index (κ2) is 5.71. The highest BCUT2D eigenvalue weighted by Gasteiger charge is 2.20. The van der Waals surface area contributed by atoms with Gasteiger partial charge in [-0.25, -0.2) is 0 Å². The standard InChI is InChI=1S/C12H14Cl2N2O/c13-9-3-4-10(14)11(5-9)16-12(17)7-15-6-8-1-2-8/h3-5,8,15H,1-2,6-7H2,(H,16,17). The molecule has 0 bridgehead atoms. The van der Waals surface area contributed by atoms with E-state index in [2.05, 4.69) is 10.6 Å². The van der Waals surface area contributed by atoms with Crippen molar-refractivity contribution < 1.29 is 4.79 Å². The molecule has 1 aromatic carbocycles. The van der Waals surface area contributed by atoms with E-state index in [1.165, 1.54) is 12.8 Å². The van der Waals surface area contributed by atoms with E-state index in [1.54, 1.807) is 18.2 Å². The van der Waals surface area contributed by atoms with Gasteiger partial charge in [-0.15, -0.1) is 0 Å². The molecule has 0 aliphatic heterocycles. The van der Waals surface area contributed by atoms with E-state index in [0.29, 0.717) is 22.3 Å². The summed E-state index contributed by atoms with van der Waals surface area (Å²) in [6.45, 7) is 1.22. The van der Waals surface area contributed by atoms with Crippen molar-refractivity contribution in [2.45, 2.75) is 12.8 Å². The van der Waals surface area contributed by atoms with Crippen LogP contribution in [0.15, 0.2) is 18.2 Å². The van der Waals surface area contributed by atoms with Crippen LogP contribution in [0, 0.1) is 5.92 Å². The van der Waals surface area contributed by atoms with Crippen LogP contribution in [0.1, 0.15) is 12.8 Å². The van der Waals surface area contributed by atoms with Gasteiger partial charge in [0.05, 0.1) is 17.3 Å². The molecule has 0 unspecified atom stereocenters. The summed E-state index contributed by atoms with van der Waals surface area (Å²) in [5, 5.41) is 6.88. The summed E-state index contributed by atoms with van der Waals surface area (Å²) in [6.07, 6.45) is 2.55. The average Bonchev–Trinajstić information content (AvgIpc) is 3.07. The van der Waals surface area contributed by atoms with Gasteiger partial charge in [0.2, 0.25) is 5.91 Å². The minimum absolute atomic E-state index is 0.102. The maximum atomic E-state index is 11.6. The lowest BCUT2D eigenvalue weighted by Gasteiger charge is -2.08. The van der Waals surface area contributed by atoms with E-state index >= 15 is 0 Å². The Balaban J connectivity index is 1.81. The molecular formula is C12H14Cl2N2O. The van der Waals surface area contributed by atoms with E-state index < -0.39 is 0 Å². The Bertz CT molecular complexity index is 419. The Morgan fingerprint density at radius 1 is 1.35 bits per heavy atom. The molecule has 0 atom stereocenters. The molecule has 0 aromatic heterocycles. The maximum absolute atomic E-state index is 11.6. The Labute approximate surface area is 110 Å². The summed E-state index contributed by atoms with van der Waals surface area (Å²) in [6, 6.07) is 4.99. The third kappa shape index (κ3) is 4.19. The van der Waals surface area contributed by atoms with Gasteiger partial charge in [-0.05, 0) is 43.5 Å². The van der Waals surface area contributed by atoms with Crippen LogP contribution in [0.2, 0.25) is 10.0 Å². The minimum Gasteiger partial charge on any atom is -0.324 e. The fraction of sp³-hybridized carbons (Fsp3) is 0.417. The highest BCUT2D eigenvalue weighted by Crippen LogP contribution is 2.27. The molecule has 3 nitrogen and oxygen atoms in total. The first-order chi connectivity index (χ1) is 8.15. The summed E-state index contributed by atoms with van der Waals surface area (Å²) in [5.74, 6) is 0.660. The largest absolute Gasteiger partial charge is 0.324 e. The molecule has 92 valence electrons. The smallest absolute Gasteiger partial charge is 0.238 e. The van der Waals surface area contributed by atoms with Crippen molar-refractivity contribution in [3.63, 3.8) is 0 Å². The summed E-state index contributed by atoms with van der Waals surface area (Å²) in [4.78, 5) is 11.6. The second-order valence-electron chi connectivity index (χ2n) is 4.25. The van der Waals surface area contributed by atoms with E-state index in [4.69, 9.17) is 23.2 Å². The van der Waals surface area contributed by atoms with Crippen molar-refractivity contribution in [3.05, 3.63) is 28.2 Å². The molecule has 0 saturated heterocycles. The SMILES string of the molecule is O=C(CNCC1CC1)Nc1cc(Cl)ccc1Cl. The lowest BCUT2D eigenvalue weighted by Crippen LogP contribution is -2.29. The number of carbonyl (C=O) groups excluding carboxylic acids is 1. The molecule has 1 amide bonds. The van der Waals surface area contributed by atoms with Crippen molar-refractivity contribution in [3.8, 4) is 0 Å². The van der Waals surface area contributed by atoms with Crippen molar-refractivity contribution in [2.24, 2.45) is 5.92 Å². The van der Waals surface area contributed by atoms with Gasteiger partial charge in [-0.2, -0.15) is 0 Å². The van der Waals surface area contributed by atoms with Gasteiger partial charge in [0.1, 0.15) is 0 Å². The van der Waals surface area contributed by atoms with Crippen molar-refractivity contribution in [1.82, 2.24) is 5.32 Å². The molecule has 2 rings (SSSR count). The van der Waals surface area contributed by atoms with Gasteiger partial charge in [0, 0.05) is 5.02 Å². The topological polar surface area (TPSA) is 41.1 Å². The monoisotopic (exact) mass is 272 g/mol. The van der Waals surface area contributed by atoms with E-state index in [0.717, 1.165) is 12.5 Å². The molecule has 1 saturated carbocycles. The number of hydrogen-bond donors (Lipinski definition) is 2. The molecular weight excluding hydrogens is 259 g/mol. The molecule has 17 heavy (non-hydrogen) atoms.